The Balaban J connectivity index is 1.61. The molecule has 0 atom stereocenters. The molecule has 0 fully saturated rings. The van der Waals surface area contributed by atoms with Crippen molar-refractivity contribution in [2.45, 2.75) is 13.5 Å². The summed E-state index contributed by atoms with van der Waals surface area (Å²) < 4.78 is 10.7. The van der Waals surface area contributed by atoms with E-state index in [0.717, 1.165) is 39.2 Å². The SMILES string of the molecule is Cc1[nH]c2ccccc2c1C(=O)N(C)Cc1ccc2c(c1)OCO2. The van der Waals surface area contributed by atoms with Crippen molar-refractivity contribution in [1.29, 1.82) is 0 Å². The molecular weight excluding hydrogens is 304 g/mol. The van der Waals surface area contributed by atoms with Crippen molar-refractivity contribution in [3.8, 4) is 11.5 Å². The van der Waals surface area contributed by atoms with Crippen molar-refractivity contribution in [1.82, 2.24) is 9.88 Å². The summed E-state index contributed by atoms with van der Waals surface area (Å²) in [6.45, 7) is 2.69. The third-order valence-corrected chi connectivity index (χ3v) is 4.31. The van der Waals surface area contributed by atoms with Crippen LogP contribution in [0.5, 0.6) is 11.5 Å². The van der Waals surface area contributed by atoms with Crippen LogP contribution in [-0.2, 0) is 6.54 Å². The van der Waals surface area contributed by atoms with Crippen LogP contribution in [0.2, 0.25) is 0 Å². The van der Waals surface area contributed by atoms with Crippen LogP contribution < -0.4 is 9.47 Å². The van der Waals surface area contributed by atoms with Crippen molar-refractivity contribution in [3.63, 3.8) is 0 Å². The van der Waals surface area contributed by atoms with E-state index in [1.165, 1.54) is 0 Å². The van der Waals surface area contributed by atoms with Crippen molar-refractivity contribution >= 4 is 16.8 Å². The van der Waals surface area contributed by atoms with E-state index >= 15 is 0 Å². The number of aromatic nitrogens is 1. The Kier molecular flexibility index (Phi) is 3.41. The highest BCUT2D eigenvalue weighted by atomic mass is 16.7. The number of ether oxygens (including phenoxy) is 2. The first kappa shape index (κ1) is 14.6. The predicted octanol–water partition coefficient (Wildman–Crippen LogP) is 3.48. The predicted molar refractivity (Wildman–Crippen MR) is 91.4 cm³/mol. The fourth-order valence-corrected chi connectivity index (χ4v) is 3.13. The van der Waals surface area contributed by atoms with Gasteiger partial charge in [0.1, 0.15) is 0 Å². The minimum Gasteiger partial charge on any atom is -0.454 e. The zero-order valence-electron chi connectivity index (χ0n) is 13.6. The largest absolute Gasteiger partial charge is 0.454 e. The molecule has 1 aromatic heterocycles. The molecule has 0 spiro atoms. The third kappa shape index (κ3) is 2.38. The second kappa shape index (κ2) is 5.60. The van der Waals surface area contributed by atoms with E-state index in [9.17, 15) is 4.79 Å². The van der Waals surface area contributed by atoms with Crippen LogP contribution in [0.4, 0.5) is 0 Å². The standard InChI is InChI=1S/C19H18N2O3/c1-12-18(14-5-3-4-6-15(14)20-12)19(22)21(2)10-13-7-8-16-17(9-13)24-11-23-16/h3-9,20H,10-11H2,1-2H3. The monoisotopic (exact) mass is 322 g/mol. The minimum atomic E-state index is 0.00242. The number of aryl methyl sites for hydroxylation is 1. The van der Waals surface area contributed by atoms with Crippen LogP contribution in [0.15, 0.2) is 42.5 Å². The summed E-state index contributed by atoms with van der Waals surface area (Å²) in [6, 6.07) is 13.6. The van der Waals surface area contributed by atoms with Crippen LogP contribution in [0.1, 0.15) is 21.6 Å². The molecular formula is C19H18N2O3. The second-order valence-corrected chi connectivity index (χ2v) is 6.02. The molecule has 1 aliphatic heterocycles. The molecule has 5 nitrogen and oxygen atoms in total. The van der Waals surface area contributed by atoms with Gasteiger partial charge in [-0.25, -0.2) is 0 Å². The van der Waals surface area contributed by atoms with E-state index in [0.29, 0.717) is 6.54 Å². The van der Waals surface area contributed by atoms with Crippen molar-refractivity contribution in [2.75, 3.05) is 13.8 Å². The summed E-state index contributed by atoms with van der Waals surface area (Å²) in [5, 5.41) is 0.956. The first-order chi connectivity index (χ1) is 11.6. The van der Waals surface area contributed by atoms with E-state index in [-0.39, 0.29) is 12.7 Å². The Morgan fingerprint density at radius 3 is 2.83 bits per heavy atom. The molecule has 122 valence electrons. The molecule has 0 bridgehead atoms. The van der Waals surface area contributed by atoms with Gasteiger partial charge in [-0.05, 0) is 30.7 Å². The van der Waals surface area contributed by atoms with Crippen molar-refractivity contribution in [2.24, 2.45) is 0 Å². The molecule has 0 unspecified atom stereocenters. The molecule has 2 aromatic carbocycles. The van der Waals surface area contributed by atoms with Crippen LogP contribution in [-0.4, -0.2) is 29.6 Å². The fourth-order valence-electron chi connectivity index (χ4n) is 3.13. The summed E-state index contributed by atoms with van der Waals surface area (Å²) in [5.41, 5.74) is 3.61. The molecule has 1 N–H and O–H groups in total. The van der Waals surface area contributed by atoms with Gasteiger partial charge in [-0.1, -0.05) is 24.3 Å². The highest BCUT2D eigenvalue weighted by molar-refractivity contribution is 6.08. The number of nitrogens with zero attached hydrogens (tertiary/aromatic N) is 1. The average Bonchev–Trinajstić information content (AvgIpc) is 3.16. The summed E-state index contributed by atoms with van der Waals surface area (Å²) >= 11 is 0. The molecule has 3 aromatic rings. The summed E-state index contributed by atoms with van der Waals surface area (Å²) in [6.07, 6.45) is 0. The van der Waals surface area contributed by atoms with E-state index in [1.807, 2.05) is 56.4 Å². The number of hydrogen-bond acceptors (Lipinski definition) is 3. The molecule has 24 heavy (non-hydrogen) atoms. The molecule has 1 amide bonds. The van der Waals surface area contributed by atoms with Crippen molar-refractivity contribution < 1.29 is 14.3 Å². The van der Waals surface area contributed by atoms with E-state index < -0.39 is 0 Å². The third-order valence-electron chi connectivity index (χ3n) is 4.31. The fraction of sp³-hybridized carbons (Fsp3) is 0.211. The lowest BCUT2D eigenvalue weighted by atomic mass is 10.1. The molecule has 5 heteroatoms. The normalized spacial score (nSPS) is 12.6. The number of benzene rings is 2. The maximum Gasteiger partial charge on any atom is 0.256 e. The summed E-state index contributed by atoms with van der Waals surface area (Å²) in [7, 11) is 1.81. The zero-order chi connectivity index (χ0) is 16.7. The van der Waals surface area contributed by atoms with Crippen LogP contribution >= 0.6 is 0 Å². The first-order valence-electron chi connectivity index (χ1n) is 7.85. The van der Waals surface area contributed by atoms with Gasteiger partial charge in [0.25, 0.3) is 5.91 Å². The quantitative estimate of drug-likeness (QED) is 0.803. The number of H-pyrrole nitrogens is 1. The number of para-hydroxylation sites is 1. The molecule has 1 aliphatic rings. The van der Waals surface area contributed by atoms with Crippen LogP contribution in [0.3, 0.4) is 0 Å². The molecule has 0 saturated heterocycles. The highest BCUT2D eigenvalue weighted by Crippen LogP contribution is 2.33. The summed E-state index contributed by atoms with van der Waals surface area (Å²) in [4.78, 5) is 17.9. The zero-order valence-corrected chi connectivity index (χ0v) is 13.6. The number of carbonyl (C=O) groups is 1. The number of hydrogen-bond donors (Lipinski definition) is 1. The molecule has 0 aliphatic carbocycles. The van der Waals surface area contributed by atoms with Gasteiger partial charge < -0.3 is 19.4 Å². The van der Waals surface area contributed by atoms with Gasteiger partial charge in [0, 0.05) is 30.2 Å². The lowest BCUT2D eigenvalue weighted by Gasteiger charge is -2.18. The second-order valence-electron chi connectivity index (χ2n) is 6.02. The van der Waals surface area contributed by atoms with E-state index in [4.69, 9.17) is 9.47 Å². The van der Waals surface area contributed by atoms with E-state index in [2.05, 4.69) is 4.98 Å². The lowest BCUT2D eigenvalue weighted by Crippen LogP contribution is -2.26. The first-order valence-corrected chi connectivity index (χ1v) is 7.85. The lowest BCUT2D eigenvalue weighted by molar-refractivity contribution is 0.0786. The number of aromatic amines is 1. The number of fused-ring (bicyclic) bond motifs is 2. The van der Waals surface area contributed by atoms with Gasteiger partial charge in [0.15, 0.2) is 11.5 Å². The Hall–Kier alpha value is -2.95. The topological polar surface area (TPSA) is 54.6 Å². The Labute approximate surface area is 139 Å². The van der Waals surface area contributed by atoms with Gasteiger partial charge in [-0.2, -0.15) is 0 Å². The van der Waals surface area contributed by atoms with Crippen LogP contribution in [0, 0.1) is 6.92 Å². The minimum absolute atomic E-state index is 0.00242. The number of amides is 1. The maximum atomic E-state index is 12.9. The Bertz CT molecular complexity index is 930. The van der Waals surface area contributed by atoms with Gasteiger partial charge in [-0.3, -0.25) is 4.79 Å². The van der Waals surface area contributed by atoms with E-state index in [1.54, 1.807) is 4.90 Å². The molecule has 4 rings (SSSR count). The van der Waals surface area contributed by atoms with Gasteiger partial charge >= 0.3 is 0 Å². The average molecular weight is 322 g/mol. The van der Waals surface area contributed by atoms with Gasteiger partial charge in [0.2, 0.25) is 6.79 Å². The molecule has 0 saturated carbocycles. The number of nitrogens with one attached hydrogen (secondary N) is 1. The van der Waals surface area contributed by atoms with Gasteiger partial charge in [-0.15, -0.1) is 0 Å². The Morgan fingerprint density at radius 1 is 1.17 bits per heavy atom. The summed E-state index contributed by atoms with van der Waals surface area (Å²) in [5.74, 6) is 1.49. The molecule has 0 radical (unpaired) electrons. The molecule has 2 heterocycles. The highest BCUT2D eigenvalue weighted by Gasteiger charge is 2.20. The maximum absolute atomic E-state index is 12.9. The number of rotatable bonds is 3. The van der Waals surface area contributed by atoms with Crippen molar-refractivity contribution in [3.05, 3.63) is 59.3 Å². The van der Waals surface area contributed by atoms with Crippen LogP contribution in [0.25, 0.3) is 10.9 Å². The smallest absolute Gasteiger partial charge is 0.256 e. The van der Waals surface area contributed by atoms with Gasteiger partial charge in [0.05, 0.1) is 5.56 Å². The Morgan fingerprint density at radius 2 is 1.96 bits per heavy atom. The number of carbonyl (C=O) groups excluding carboxylic acids is 1.